The van der Waals surface area contributed by atoms with Crippen LogP contribution >= 0.6 is 0 Å². The molecule has 1 amide bonds. The minimum absolute atomic E-state index is 0.0524. The summed E-state index contributed by atoms with van der Waals surface area (Å²) < 4.78 is 0. The highest BCUT2D eigenvalue weighted by atomic mass is 16.1. The fraction of sp³-hybridized carbons (Fsp3) is 0.0952. The average molecular weight is 301 g/mol. The first-order valence-corrected chi connectivity index (χ1v) is 7.71. The van der Waals surface area contributed by atoms with E-state index in [0.717, 1.165) is 16.7 Å². The van der Waals surface area contributed by atoms with Crippen molar-refractivity contribution in [2.75, 3.05) is 0 Å². The number of hydrogen-bond acceptors (Lipinski definition) is 1. The van der Waals surface area contributed by atoms with Gasteiger partial charge in [-0.25, -0.2) is 0 Å². The zero-order chi connectivity index (χ0) is 16.1. The van der Waals surface area contributed by atoms with E-state index in [4.69, 9.17) is 0 Å². The lowest BCUT2D eigenvalue weighted by Gasteiger charge is -2.08. The standard InChI is InChI=1S/C21H19NO/c1-16-10-12-17(13-11-16)15-22-21(23)20-9-5-8-19(14-20)18-6-3-2-4-7-18/h2-14H,15H2,1H3,(H,22,23). The Morgan fingerprint density at radius 1 is 0.826 bits per heavy atom. The van der Waals surface area contributed by atoms with E-state index in [0.29, 0.717) is 12.1 Å². The predicted octanol–water partition coefficient (Wildman–Crippen LogP) is 4.59. The number of hydrogen-bond donors (Lipinski definition) is 1. The topological polar surface area (TPSA) is 29.1 Å². The van der Waals surface area contributed by atoms with Crippen molar-refractivity contribution in [2.45, 2.75) is 13.5 Å². The fourth-order valence-electron chi connectivity index (χ4n) is 2.46. The summed E-state index contributed by atoms with van der Waals surface area (Å²) in [5.74, 6) is -0.0524. The van der Waals surface area contributed by atoms with Crippen molar-refractivity contribution in [1.29, 1.82) is 0 Å². The normalized spacial score (nSPS) is 10.3. The lowest BCUT2D eigenvalue weighted by Crippen LogP contribution is -2.22. The lowest BCUT2D eigenvalue weighted by atomic mass is 10.0. The van der Waals surface area contributed by atoms with E-state index in [1.807, 2.05) is 66.7 Å². The van der Waals surface area contributed by atoms with Gasteiger partial charge in [0.25, 0.3) is 5.91 Å². The summed E-state index contributed by atoms with van der Waals surface area (Å²) in [5, 5.41) is 2.97. The number of carbonyl (C=O) groups is 1. The van der Waals surface area contributed by atoms with E-state index in [1.54, 1.807) is 0 Å². The van der Waals surface area contributed by atoms with Gasteiger partial charge in [0.1, 0.15) is 0 Å². The van der Waals surface area contributed by atoms with E-state index < -0.39 is 0 Å². The second-order valence-corrected chi connectivity index (χ2v) is 5.62. The van der Waals surface area contributed by atoms with Gasteiger partial charge in [-0.3, -0.25) is 4.79 Å². The van der Waals surface area contributed by atoms with Crippen LogP contribution in [0.5, 0.6) is 0 Å². The van der Waals surface area contributed by atoms with Crippen molar-refractivity contribution in [3.05, 3.63) is 95.6 Å². The highest BCUT2D eigenvalue weighted by Gasteiger charge is 2.07. The summed E-state index contributed by atoms with van der Waals surface area (Å²) in [4.78, 5) is 12.4. The van der Waals surface area contributed by atoms with Crippen LogP contribution in [-0.2, 0) is 6.54 Å². The van der Waals surface area contributed by atoms with Crippen molar-refractivity contribution in [1.82, 2.24) is 5.32 Å². The Balaban J connectivity index is 1.71. The van der Waals surface area contributed by atoms with Gasteiger partial charge in [-0.2, -0.15) is 0 Å². The van der Waals surface area contributed by atoms with Crippen LogP contribution in [0.4, 0.5) is 0 Å². The molecule has 2 heteroatoms. The molecule has 3 aromatic carbocycles. The summed E-state index contributed by atoms with van der Waals surface area (Å²) in [7, 11) is 0. The summed E-state index contributed by atoms with van der Waals surface area (Å²) in [6, 6.07) is 26.0. The predicted molar refractivity (Wildman–Crippen MR) is 94.2 cm³/mol. The second-order valence-electron chi connectivity index (χ2n) is 5.62. The SMILES string of the molecule is Cc1ccc(CNC(=O)c2cccc(-c3ccccc3)c2)cc1. The largest absolute Gasteiger partial charge is 0.348 e. The van der Waals surface area contributed by atoms with E-state index >= 15 is 0 Å². The molecule has 1 N–H and O–H groups in total. The van der Waals surface area contributed by atoms with Gasteiger partial charge < -0.3 is 5.32 Å². The first-order valence-electron chi connectivity index (χ1n) is 7.71. The van der Waals surface area contributed by atoms with E-state index in [1.165, 1.54) is 5.56 Å². The van der Waals surface area contributed by atoms with Crippen LogP contribution in [0, 0.1) is 6.92 Å². The Morgan fingerprint density at radius 3 is 2.26 bits per heavy atom. The minimum atomic E-state index is -0.0524. The van der Waals surface area contributed by atoms with Gasteiger partial charge >= 0.3 is 0 Å². The number of aryl methyl sites for hydroxylation is 1. The maximum Gasteiger partial charge on any atom is 0.251 e. The minimum Gasteiger partial charge on any atom is -0.348 e. The smallest absolute Gasteiger partial charge is 0.251 e. The van der Waals surface area contributed by atoms with Gasteiger partial charge in [-0.05, 0) is 35.7 Å². The van der Waals surface area contributed by atoms with E-state index in [2.05, 4.69) is 24.4 Å². The van der Waals surface area contributed by atoms with Crippen molar-refractivity contribution in [3.63, 3.8) is 0 Å². The van der Waals surface area contributed by atoms with Crippen molar-refractivity contribution >= 4 is 5.91 Å². The molecule has 114 valence electrons. The van der Waals surface area contributed by atoms with Crippen LogP contribution in [0.3, 0.4) is 0 Å². The zero-order valence-electron chi connectivity index (χ0n) is 13.1. The van der Waals surface area contributed by atoms with Crippen molar-refractivity contribution in [3.8, 4) is 11.1 Å². The van der Waals surface area contributed by atoms with Crippen LogP contribution in [0.2, 0.25) is 0 Å². The van der Waals surface area contributed by atoms with Crippen LogP contribution in [0.25, 0.3) is 11.1 Å². The number of carbonyl (C=O) groups excluding carboxylic acids is 1. The molecular weight excluding hydrogens is 282 g/mol. The molecule has 0 bridgehead atoms. The summed E-state index contributed by atoms with van der Waals surface area (Å²) in [5.41, 5.74) is 5.16. The monoisotopic (exact) mass is 301 g/mol. The van der Waals surface area contributed by atoms with Crippen LogP contribution in [0.1, 0.15) is 21.5 Å². The van der Waals surface area contributed by atoms with Crippen LogP contribution in [0.15, 0.2) is 78.9 Å². The molecule has 0 heterocycles. The molecule has 0 aromatic heterocycles. The van der Waals surface area contributed by atoms with Gasteiger partial charge in [0.05, 0.1) is 0 Å². The average Bonchev–Trinajstić information content (AvgIpc) is 2.62. The van der Waals surface area contributed by atoms with Gasteiger partial charge in [0, 0.05) is 12.1 Å². The molecular formula is C21H19NO. The lowest BCUT2D eigenvalue weighted by molar-refractivity contribution is 0.0951. The zero-order valence-corrected chi connectivity index (χ0v) is 13.1. The molecule has 0 aliphatic rings. The molecule has 0 aliphatic heterocycles. The molecule has 3 aromatic rings. The molecule has 2 nitrogen and oxygen atoms in total. The van der Waals surface area contributed by atoms with Crippen LogP contribution < -0.4 is 5.32 Å². The van der Waals surface area contributed by atoms with Crippen molar-refractivity contribution < 1.29 is 4.79 Å². The van der Waals surface area contributed by atoms with E-state index in [9.17, 15) is 4.79 Å². The molecule has 3 rings (SSSR count). The summed E-state index contributed by atoms with van der Waals surface area (Å²) in [6.45, 7) is 2.59. The number of nitrogens with one attached hydrogen (secondary N) is 1. The highest BCUT2D eigenvalue weighted by Crippen LogP contribution is 2.20. The molecule has 0 fully saturated rings. The molecule has 0 radical (unpaired) electrons. The Labute approximate surface area is 136 Å². The molecule has 0 saturated carbocycles. The Bertz CT molecular complexity index is 792. The Morgan fingerprint density at radius 2 is 1.52 bits per heavy atom. The molecule has 0 saturated heterocycles. The molecule has 0 aliphatic carbocycles. The molecule has 0 spiro atoms. The van der Waals surface area contributed by atoms with Crippen LogP contribution in [-0.4, -0.2) is 5.91 Å². The fourth-order valence-corrected chi connectivity index (χ4v) is 2.46. The number of rotatable bonds is 4. The molecule has 0 unspecified atom stereocenters. The maximum absolute atomic E-state index is 12.4. The van der Waals surface area contributed by atoms with Gasteiger partial charge in [0.15, 0.2) is 0 Å². The Hall–Kier alpha value is -2.87. The van der Waals surface area contributed by atoms with Gasteiger partial charge in [-0.15, -0.1) is 0 Å². The van der Waals surface area contributed by atoms with E-state index in [-0.39, 0.29) is 5.91 Å². The first-order chi connectivity index (χ1) is 11.2. The third kappa shape index (κ3) is 3.86. The summed E-state index contributed by atoms with van der Waals surface area (Å²) >= 11 is 0. The maximum atomic E-state index is 12.4. The summed E-state index contributed by atoms with van der Waals surface area (Å²) in [6.07, 6.45) is 0. The number of benzene rings is 3. The van der Waals surface area contributed by atoms with Gasteiger partial charge in [0.2, 0.25) is 0 Å². The molecule has 23 heavy (non-hydrogen) atoms. The Kier molecular flexibility index (Phi) is 4.53. The second kappa shape index (κ2) is 6.93. The third-order valence-electron chi connectivity index (χ3n) is 3.81. The number of amides is 1. The highest BCUT2D eigenvalue weighted by molar-refractivity contribution is 5.95. The molecule has 0 atom stereocenters. The van der Waals surface area contributed by atoms with Crippen molar-refractivity contribution in [2.24, 2.45) is 0 Å². The quantitative estimate of drug-likeness (QED) is 0.750. The third-order valence-corrected chi connectivity index (χ3v) is 3.81. The van der Waals surface area contributed by atoms with Gasteiger partial charge in [-0.1, -0.05) is 72.3 Å². The first kappa shape index (κ1) is 15.0.